The molecule has 0 amide bonds. The van der Waals surface area contributed by atoms with E-state index in [0.717, 1.165) is 10.5 Å². The lowest BCUT2D eigenvalue weighted by Gasteiger charge is -2.05. The molecule has 86 valence electrons. The van der Waals surface area contributed by atoms with Crippen LogP contribution >= 0.6 is 11.8 Å². The van der Waals surface area contributed by atoms with Crippen molar-refractivity contribution in [1.82, 2.24) is 0 Å². The Hall–Kier alpha value is -1.22. The summed E-state index contributed by atoms with van der Waals surface area (Å²) in [6.07, 6.45) is 3.77. The lowest BCUT2D eigenvalue weighted by Crippen LogP contribution is -2.01. The molecule has 0 aliphatic rings. The number of thioether (sulfide) groups is 1. The number of aliphatic carboxylic acids is 1. The Morgan fingerprint density at radius 1 is 1.31 bits per heavy atom. The molecule has 0 saturated heterocycles. The molecule has 1 rings (SSSR count). The number of carbonyl (C=O) groups is 1. The second-order valence-electron chi connectivity index (χ2n) is 3.86. The van der Waals surface area contributed by atoms with Gasteiger partial charge in [-0.25, -0.2) is 4.79 Å². The van der Waals surface area contributed by atoms with Gasteiger partial charge in [0, 0.05) is 4.90 Å². The van der Waals surface area contributed by atoms with Crippen molar-refractivity contribution in [1.29, 1.82) is 0 Å². The van der Waals surface area contributed by atoms with Crippen LogP contribution in [0.5, 0.6) is 0 Å². The van der Waals surface area contributed by atoms with Crippen molar-refractivity contribution in [2.75, 3.05) is 6.26 Å². The maximum Gasteiger partial charge on any atom is 0.335 e. The van der Waals surface area contributed by atoms with Gasteiger partial charge in [-0.1, -0.05) is 32.1 Å². The van der Waals surface area contributed by atoms with Gasteiger partial charge in [-0.15, -0.1) is 11.8 Å². The number of allylic oxidation sites excluding steroid dienone is 1. The Morgan fingerprint density at radius 2 is 1.88 bits per heavy atom. The van der Waals surface area contributed by atoms with Gasteiger partial charge in [-0.05, 0) is 29.9 Å². The van der Waals surface area contributed by atoms with Crippen LogP contribution in [0.4, 0.5) is 0 Å². The van der Waals surface area contributed by atoms with Crippen molar-refractivity contribution >= 4 is 23.3 Å². The molecule has 0 radical (unpaired) electrons. The van der Waals surface area contributed by atoms with E-state index in [1.807, 2.05) is 44.4 Å². The number of carboxylic acid groups (broad SMARTS) is 1. The lowest BCUT2D eigenvalue weighted by molar-refractivity contribution is -0.130. The first-order valence-electron chi connectivity index (χ1n) is 5.14. The van der Waals surface area contributed by atoms with Crippen LogP contribution in [0.1, 0.15) is 19.4 Å². The van der Waals surface area contributed by atoms with E-state index in [-0.39, 0.29) is 5.92 Å². The fourth-order valence-electron chi connectivity index (χ4n) is 1.39. The Kier molecular flexibility index (Phi) is 4.62. The molecule has 0 unspecified atom stereocenters. The second-order valence-corrected chi connectivity index (χ2v) is 4.74. The summed E-state index contributed by atoms with van der Waals surface area (Å²) in [6, 6.07) is 7.59. The van der Waals surface area contributed by atoms with Crippen LogP contribution < -0.4 is 0 Å². The highest BCUT2D eigenvalue weighted by atomic mass is 32.2. The summed E-state index contributed by atoms with van der Waals surface area (Å²) in [7, 11) is 0. The van der Waals surface area contributed by atoms with Crippen molar-refractivity contribution in [2.45, 2.75) is 18.7 Å². The Morgan fingerprint density at radius 3 is 2.25 bits per heavy atom. The average molecular weight is 236 g/mol. The Labute approximate surface area is 100 Å². The van der Waals surface area contributed by atoms with E-state index in [9.17, 15) is 4.79 Å². The molecule has 0 saturated carbocycles. The summed E-state index contributed by atoms with van der Waals surface area (Å²) in [5.74, 6) is -0.642. The van der Waals surface area contributed by atoms with Crippen molar-refractivity contribution in [3.63, 3.8) is 0 Å². The lowest BCUT2D eigenvalue weighted by atomic mass is 10.0. The minimum Gasteiger partial charge on any atom is -0.478 e. The second kappa shape index (κ2) is 5.75. The number of rotatable bonds is 4. The summed E-state index contributed by atoms with van der Waals surface area (Å²) >= 11 is 1.64. The third-order valence-electron chi connectivity index (χ3n) is 2.13. The first kappa shape index (κ1) is 12.8. The first-order chi connectivity index (χ1) is 7.54. The molecule has 2 nitrogen and oxygen atoms in total. The largest absolute Gasteiger partial charge is 0.478 e. The molecular formula is C13H16O2S. The molecule has 0 heterocycles. The topological polar surface area (TPSA) is 37.3 Å². The van der Waals surface area contributed by atoms with E-state index >= 15 is 0 Å². The minimum atomic E-state index is -0.870. The van der Waals surface area contributed by atoms with Gasteiger partial charge in [-0.2, -0.15) is 0 Å². The van der Waals surface area contributed by atoms with Gasteiger partial charge in [-0.3, -0.25) is 0 Å². The highest BCUT2D eigenvalue weighted by molar-refractivity contribution is 7.98. The number of hydrogen-bond acceptors (Lipinski definition) is 2. The Bertz CT molecular complexity index is 391. The zero-order valence-corrected chi connectivity index (χ0v) is 10.5. The van der Waals surface area contributed by atoms with Gasteiger partial charge in [0.2, 0.25) is 0 Å². The molecule has 1 aromatic carbocycles. The number of carboxylic acids is 1. The molecule has 0 bridgehead atoms. The number of benzene rings is 1. The standard InChI is InChI=1S/C13H16O2S/c1-9(2)8-12(13(14)15)10-4-6-11(16-3)7-5-10/h4-9H,1-3H3,(H,14,15). The molecule has 0 spiro atoms. The number of hydrogen-bond donors (Lipinski definition) is 1. The third-order valence-corrected chi connectivity index (χ3v) is 2.88. The molecule has 1 aromatic rings. The molecule has 0 aliphatic heterocycles. The molecular weight excluding hydrogens is 220 g/mol. The quantitative estimate of drug-likeness (QED) is 0.642. The fourth-order valence-corrected chi connectivity index (χ4v) is 1.80. The summed E-state index contributed by atoms with van der Waals surface area (Å²) in [5.41, 5.74) is 1.14. The first-order valence-corrected chi connectivity index (χ1v) is 6.36. The molecule has 0 aliphatic carbocycles. The molecule has 3 heteroatoms. The van der Waals surface area contributed by atoms with Gasteiger partial charge in [0.05, 0.1) is 5.57 Å². The zero-order chi connectivity index (χ0) is 12.1. The van der Waals surface area contributed by atoms with Crippen LogP contribution in [0.2, 0.25) is 0 Å². The fraction of sp³-hybridized carbons (Fsp3) is 0.308. The zero-order valence-electron chi connectivity index (χ0n) is 9.73. The average Bonchev–Trinajstić information content (AvgIpc) is 2.25. The van der Waals surface area contributed by atoms with Crippen LogP contribution in [-0.2, 0) is 4.79 Å². The summed E-state index contributed by atoms with van der Waals surface area (Å²) in [6.45, 7) is 3.94. The van der Waals surface area contributed by atoms with Crippen molar-refractivity contribution in [2.24, 2.45) is 5.92 Å². The van der Waals surface area contributed by atoms with E-state index in [4.69, 9.17) is 5.11 Å². The molecule has 16 heavy (non-hydrogen) atoms. The van der Waals surface area contributed by atoms with Crippen molar-refractivity contribution < 1.29 is 9.90 Å². The van der Waals surface area contributed by atoms with Crippen LogP contribution in [0.25, 0.3) is 5.57 Å². The van der Waals surface area contributed by atoms with Gasteiger partial charge in [0.25, 0.3) is 0 Å². The van der Waals surface area contributed by atoms with E-state index in [1.165, 1.54) is 0 Å². The molecule has 0 aromatic heterocycles. The SMILES string of the molecule is CSc1ccc(C(=CC(C)C)C(=O)O)cc1. The maximum absolute atomic E-state index is 11.1. The highest BCUT2D eigenvalue weighted by Gasteiger charge is 2.10. The normalized spacial score (nSPS) is 11.9. The summed E-state index contributed by atoms with van der Waals surface area (Å²) in [4.78, 5) is 12.3. The predicted octanol–water partition coefficient (Wildman–Crippen LogP) is 3.53. The molecule has 0 fully saturated rings. The van der Waals surface area contributed by atoms with Gasteiger partial charge in [0.1, 0.15) is 0 Å². The van der Waals surface area contributed by atoms with Gasteiger partial charge >= 0.3 is 5.97 Å². The smallest absolute Gasteiger partial charge is 0.335 e. The predicted molar refractivity (Wildman–Crippen MR) is 68.7 cm³/mol. The molecule has 1 N–H and O–H groups in total. The highest BCUT2D eigenvalue weighted by Crippen LogP contribution is 2.21. The van der Waals surface area contributed by atoms with Crippen LogP contribution in [-0.4, -0.2) is 17.3 Å². The van der Waals surface area contributed by atoms with Crippen LogP contribution in [0.3, 0.4) is 0 Å². The summed E-state index contributed by atoms with van der Waals surface area (Å²) < 4.78 is 0. The van der Waals surface area contributed by atoms with Crippen LogP contribution in [0.15, 0.2) is 35.2 Å². The Balaban J connectivity index is 3.07. The third kappa shape index (κ3) is 3.42. The monoisotopic (exact) mass is 236 g/mol. The van der Waals surface area contributed by atoms with Crippen molar-refractivity contribution in [3.05, 3.63) is 35.9 Å². The van der Waals surface area contributed by atoms with Crippen LogP contribution in [0, 0.1) is 5.92 Å². The molecule has 0 atom stereocenters. The maximum atomic E-state index is 11.1. The van der Waals surface area contributed by atoms with Gasteiger partial charge < -0.3 is 5.11 Å². The summed E-state index contributed by atoms with van der Waals surface area (Å²) in [5, 5.41) is 9.13. The van der Waals surface area contributed by atoms with E-state index < -0.39 is 5.97 Å². The van der Waals surface area contributed by atoms with Gasteiger partial charge in [0.15, 0.2) is 0 Å². The minimum absolute atomic E-state index is 0.228. The van der Waals surface area contributed by atoms with E-state index in [1.54, 1.807) is 17.8 Å². The van der Waals surface area contributed by atoms with Crippen molar-refractivity contribution in [3.8, 4) is 0 Å². The van der Waals surface area contributed by atoms with E-state index in [2.05, 4.69) is 0 Å². The van der Waals surface area contributed by atoms with E-state index in [0.29, 0.717) is 5.57 Å².